The Morgan fingerprint density at radius 1 is 0.842 bits per heavy atom. The van der Waals surface area contributed by atoms with Crippen LogP contribution in [-0.4, -0.2) is 6.61 Å². The number of ether oxygens (including phenoxy) is 1. The van der Waals surface area contributed by atoms with Gasteiger partial charge in [-0.05, 0) is 43.3 Å². The Labute approximate surface area is 110 Å². The molecule has 0 aliphatic carbocycles. The van der Waals surface area contributed by atoms with Gasteiger partial charge in [-0.2, -0.15) is 8.78 Å². The fraction of sp³-hybridized carbons (Fsp3) is 0.125. The minimum atomic E-state index is -2.80. The number of benzene rings is 2. The monoisotopic (exact) mass is 258 g/mol. The largest absolute Gasteiger partial charge is 0.435 e. The molecule has 3 heteroatoms. The average Bonchev–Trinajstić information content (AvgIpc) is 2.39. The van der Waals surface area contributed by atoms with Crippen LogP contribution in [0.3, 0.4) is 0 Å². The minimum Gasteiger partial charge on any atom is -0.435 e. The van der Waals surface area contributed by atoms with Crippen LogP contribution in [0.5, 0.6) is 5.75 Å². The number of hydrogen-bond donors (Lipinski definition) is 0. The lowest BCUT2D eigenvalue weighted by molar-refractivity contribution is -0.0498. The quantitative estimate of drug-likeness (QED) is 0.740. The zero-order valence-corrected chi connectivity index (χ0v) is 10.4. The summed E-state index contributed by atoms with van der Waals surface area (Å²) >= 11 is 0. The second-order valence-electron chi connectivity index (χ2n) is 4.02. The van der Waals surface area contributed by atoms with E-state index in [9.17, 15) is 8.78 Å². The molecule has 0 heterocycles. The highest BCUT2D eigenvalue weighted by Gasteiger charge is 2.02. The molecule has 0 amide bonds. The maximum absolute atomic E-state index is 12.0. The molecular formula is C16H12F2O. The molecule has 0 aliphatic heterocycles. The first kappa shape index (κ1) is 13.1. The lowest BCUT2D eigenvalue weighted by Crippen LogP contribution is -2.01. The van der Waals surface area contributed by atoms with Crippen molar-refractivity contribution in [2.24, 2.45) is 0 Å². The Kier molecular flexibility index (Phi) is 4.15. The molecule has 0 bridgehead atoms. The van der Waals surface area contributed by atoms with E-state index in [2.05, 4.69) is 16.6 Å². The van der Waals surface area contributed by atoms with Gasteiger partial charge in [0, 0.05) is 11.1 Å². The van der Waals surface area contributed by atoms with Crippen LogP contribution >= 0.6 is 0 Å². The molecule has 0 aromatic heterocycles. The molecule has 96 valence electrons. The van der Waals surface area contributed by atoms with Crippen LogP contribution in [0, 0.1) is 18.8 Å². The van der Waals surface area contributed by atoms with Gasteiger partial charge < -0.3 is 4.74 Å². The van der Waals surface area contributed by atoms with Gasteiger partial charge in [0.1, 0.15) is 5.75 Å². The highest BCUT2D eigenvalue weighted by Crippen LogP contribution is 2.14. The molecule has 0 fully saturated rings. The van der Waals surface area contributed by atoms with E-state index >= 15 is 0 Å². The Balaban J connectivity index is 2.09. The van der Waals surface area contributed by atoms with Gasteiger partial charge in [0.2, 0.25) is 0 Å². The summed E-state index contributed by atoms with van der Waals surface area (Å²) in [6, 6.07) is 14.1. The van der Waals surface area contributed by atoms with Crippen LogP contribution in [0.2, 0.25) is 0 Å². The zero-order valence-electron chi connectivity index (χ0n) is 10.4. The summed E-state index contributed by atoms with van der Waals surface area (Å²) in [5.74, 6) is 6.11. The van der Waals surface area contributed by atoms with Gasteiger partial charge >= 0.3 is 6.61 Å². The van der Waals surface area contributed by atoms with Crippen LogP contribution in [0.25, 0.3) is 0 Å². The normalized spacial score (nSPS) is 9.89. The van der Waals surface area contributed by atoms with Crippen molar-refractivity contribution in [2.75, 3.05) is 0 Å². The standard InChI is InChI=1S/C16H12F2O/c1-12-2-4-13(5-3-12)6-7-14-8-10-15(11-9-14)19-16(17)18/h2-5,8-11,16H,1H3. The Morgan fingerprint density at radius 2 is 1.32 bits per heavy atom. The first-order valence-corrected chi connectivity index (χ1v) is 5.77. The van der Waals surface area contributed by atoms with E-state index in [1.165, 1.54) is 17.7 Å². The third-order valence-electron chi connectivity index (χ3n) is 2.48. The lowest BCUT2D eigenvalue weighted by atomic mass is 10.1. The lowest BCUT2D eigenvalue weighted by Gasteiger charge is -2.03. The van der Waals surface area contributed by atoms with Crippen molar-refractivity contribution in [1.82, 2.24) is 0 Å². The maximum Gasteiger partial charge on any atom is 0.387 e. The van der Waals surface area contributed by atoms with Gasteiger partial charge in [0.05, 0.1) is 0 Å². The molecule has 0 atom stereocenters. The number of rotatable bonds is 2. The topological polar surface area (TPSA) is 9.23 Å². The molecule has 0 saturated carbocycles. The molecule has 0 aliphatic rings. The molecule has 0 N–H and O–H groups in total. The molecule has 19 heavy (non-hydrogen) atoms. The van der Waals surface area contributed by atoms with Crippen molar-refractivity contribution in [3.63, 3.8) is 0 Å². The van der Waals surface area contributed by atoms with Crippen LogP contribution in [0.15, 0.2) is 48.5 Å². The second-order valence-corrected chi connectivity index (χ2v) is 4.02. The van der Waals surface area contributed by atoms with E-state index in [0.717, 1.165) is 11.1 Å². The van der Waals surface area contributed by atoms with E-state index in [1.54, 1.807) is 12.1 Å². The Bertz CT molecular complexity index is 589. The van der Waals surface area contributed by atoms with Crippen molar-refractivity contribution in [3.05, 3.63) is 65.2 Å². The van der Waals surface area contributed by atoms with Crippen LogP contribution < -0.4 is 4.74 Å². The summed E-state index contributed by atoms with van der Waals surface area (Å²) in [6.45, 7) is -0.789. The smallest absolute Gasteiger partial charge is 0.387 e. The fourth-order valence-corrected chi connectivity index (χ4v) is 1.50. The molecule has 0 saturated heterocycles. The van der Waals surface area contributed by atoms with E-state index in [-0.39, 0.29) is 5.75 Å². The number of aryl methyl sites for hydroxylation is 1. The van der Waals surface area contributed by atoms with Crippen molar-refractivity contribution in [3.8, 4) is 17.6 Å². The highest BCUT2D eigenvalue weighted by molar-refractivity contribution is 5.44. The van der Waals surface area contributed by atoms with Crippen molar-refractivity contribution < 1.29 is 13.5 Å². The van der Waals surface area contributed by atoms with Crippen LogP contribution in [0.1, 0.15) is 16.7 Å². The van der Waals surface area contributed by atoms with Crippen LogP contribution in [0.4, 0.5) is 8.78 Å². The van der Waals surface area contributed by atoms with Crippen molar-refractivity contribution in [2.45, 2.75) is 13.5 Å². The molecule has 0 radical (unpaired) electrons. The van der Waals surface area contributed by atoms with Gasteiger partial charge in [0.25, 0.3) is 0 Å². The fourth-order valence-electron chi connectivity index (χ4n) is 1.50. The second kappa shape index (κ2) is 6.01. The predicted molar refractivity (Wildman–Crippen MR) is 70.2 cm³/mol. The van der Waals surface area contributed by atoms with Gasteiger partial charge in [-0.1, -0.05) is 29.5 Å². The molecule has 1 nitrogen and oxygen atoms in total. The van der Waals surface area contributed by atoms with E-state index in [0.29, 0.717) is 0 Å². The third kappa shape index (κ3) is 4.11. The summed E-state index contributed by atoms with van der Waals surface area (Å²) in [5.41, 5.74) is 2.85. The number of hydrogen-bond acceptors (Lipinski definition) is 1. The first-order valence-electron chi connectivity index (χ1n) is 5.77. The number of alkyl halides is 2. The number of halogens is 2. The molecule has 0 spiro atoms. The van der Waals surface area contributed by atoms with Crippen molar-refractivity contribution >= 4 is 0 Å². The van der Waals surface area contributed by atoms with E-state index in [1.807, 2.05) is 31.2 Å². The van der Waals surface area contributed by atoms with Crippen molar-refractivity contribution in [1.29, 1.82) is 0 Å². The van der Waals surface area contributed by atoms with Gasteiger partial charge in [-0.25, -0.2) is 0 Å². The summed E-state index contributed by atoms with van der Waals surface area (Å²) in [6.07, 6.45) is 0. The van der Waals surface area contributed by atoms with Crippen LogP contribution in [-0.2, 0) is 0 Å². The minimum absolute atomic E-state index is 0.135. The van der Waals surface area contributed by atoms with Gasteiger partial charge in [0.15, 0.2) is 0 Å². The third-order valence-corrected chi connectivity index (χ3v) is 2.48. The Hall–Kier alpha value is -2.34. The summed E-state index contributed by atoms with van der Waals surface area (Å²) in [4.78, 5) is 0. The zero-order chi connectivity index (χ0) is 13.7. The maximum atomic E-state index is 12.0. The molecule has 2 aromatic carbocycles. The first-order chi connectivity index (χ1) is 9.13. The molecule has 2 aromatic rings. The predicted octanol–water partition coefficient (Wildman–Crippen LogP) is 4.00. The van der Waals surface area contributed by atoms with Gasteiger partial charge in [-0.15, -0.1) is 0 Å². The van der Waals surface area contributed by atoms with E-state index in [4.69, 9.17) is 0 Å². The van der Waals surface area contributed by atoms with Gasteiger partial charge in [-0.3, -0.25) is 0 Å². The Morgan fingerprint density at radius 3 is 1.79 bits per heavy atom. The molecule has 0 unspecified atom stereocenters. The molecular weight excluding hydrogens is 246 g/mol. The molecule has 2 rings (SSSR count). The highest BCUT2D eigenvalue weighted by atomic mass is 19.3. The summed E-state index contributed by atoms with van der Waals surface area (Å²) in [5, 5.41) is 0. The SMILES string of the molecule is Cc1ccc(C#Cc2ccc(OC(F)F)cc2)cc1. The average molecular weight is 258 g/mol. The van der Waals surface area contributed by atoms with E-state index < -0.39 is 6.61 Å². The summed E-state index contributed by atoms with van der Waals surface area (Å²) < 4.78 is 28.2. The summed E-state index contributed by atoms with van der Waals surface area (Å²) in [7, 11) is 0.